The highest BCUT2D eigenvalue weighted by Gasteiger charge is 2.12. The van der Waals surface area contributed by atoms with Gasteiger partial charge in [0.15, 0.2) is 0 Å². The van der Waals surface area contributed by atoms with Crippen LogP contribution in [0.2, 0.25) is 0 Å². The maximum atomic E-state index is 3.76. The van der Waals surface area contributed by atoms with E-state index in [4.69, 9.17) is 0 Å². The maximum Gasteiger partial charge on any atom is 0.0326 e. The lowest BCUT2D eigenvalue weighted by Gasteiger charge is -2.21. The summed E-state index contributed by atoms with van der Waals surface area (Å²) in [6, 6.07) is 15.9. The summed E-state index contributed by atoms with van der Waals surface area (Å²) in [4.78, 5) is 0. The molecular formula is C19H27N. The second-order valence-corrected chi connectivity index (χ2v) is 5.57. The molecule has 0 aliphatic rings. The van der Waals surface area contributed by atoms with Gasteiger partial charge >= 0.3 is 0 Å². The smallest absolute Gasteiger partial charge is 0.0326 e. The van der Waals surface area contributed by atoms with Gasteiger partial charge in [-0.25, -0.2) is 0 Å². The van der Waals surface area contributed by atoms with E-state index in [1.165, 1.54) is 48.4 Å². The third-order valence-electron chi connectivity index (χ3n) is 3.97. The lowest BCUT2D eigenvalue weighted by atomic mass is 9.95. The van der Waals surface area contributed by atoms with Crippen molar-refractivity contribution in [2.45, 2.75) is 52.0 Å². The second kappa shape index (κ2) is 8.06. The molecule has 0 saturated carbocycles. The molecule has 108 valence electrons. The van der Waals surface area contributed by atoms with Gasteiger partial charge < -0.3 is 5.32 Å². The lowest BCUT2D eigenvalue weighted by molar-refractivity contribution is 0.477. The van der Waals surface area contributed by atoms with Crippen molar-refractivity contribution in [3.8, 4) is 0 Å². The number of benzene rings is 2. The molecule has 0 bridgehead atoms. The standard InChI is InChI=1S/C19H27N/c1-3-5-14-19(20-15-6-4-2)18-13-9-11-16-10-7-8-12-17(16)18/h7-13,19-20H,3-6,14-15H2,1-2H3. The topological polar surface area (TPSA) is 12.0 Å². The molecule has 0 radical (unpaired) electrons. The van der Waals surface area contributed by atoms with Gasteiger partial charge in [-0.15, -0.1) is 0 Å². The molecule has 1 atom stereocenters. The molecule has 2 aromatic rings. The number of hydrogen-bond donors (Lipinski definition) is 1. The summed E-state index contributed by atoms with van der Waals surface area (Å²) in [6.07, 6.45) is 6.29. The molecule has 1 nitrogen and oxygen atoms in total. The molecule has 0 aromatic heterocycles. The first kappa shape index (κ1) is 15.1. The summed E-state index contributed by atoms with van der Waals surface area (Å²) in [5, 5.41) is 6.52. The van der Waals surface area contributed by atoms with Crippen LogP contribution in [0.3, 0.4) is 0 Å². The maximum absolute atomic E-state index is 3.76. The van der Waals surface area contributed by atoms with E-state index in [0.717, 1.165) is 6.54 Å². The number of rotatable bonds is 8. The van der Waals surface area contributed by atoms with E-state index in [-0.39, 0.29) is 0 Å². The second-order valence-electron chi connectivity index (χ2n) is 5.57. The summed E-state index contributed by atoms with van der Waals surface area (Å²) >= 11 is 0. The minimum atomic E-state index is 0.493. The third kappa shape index (κ3) is 3.83. The fraction of sp³-hybridized carbons (Fsp3) is 0.474. The Labute approximate surface area is 123 Å². The quantitative estimate of drug-likeness (QED) is 0.627. The molecule has 2 rings (SSSR count). The first-order valence-corrected chi connectivity index (χ1v) is 8.07. The Morgan fingerprint density at radius 3 is 2.45 bits per heavy atom. The molecule has 0 aliphatic carbocycles. The Morgan fingerprint density at radius 1 is 0.900 bits per heavy atom. The summed E-state index contributed by atoms with van der Waals surface area (Å²) < 4.78 is 0. The van der Waals surface area contributed by atoms with Crippen LogP contribution in [0.15, 0.2) is 42.5 Å². The average molecular weight is 269 g/mol. The van der Waals surface area contributed by atoms with Gasteiger partial charge in [0.05, 0.1) is 0 Å². The molecule has 0 heterocycles. The Bertz CT molecular complexity index is 513. The normalized spacial score (nSPS) is 12.7. The Morgan fingerprint density at radius 2 is 1.65 bits per heavy atom. The van der Waals surface area contributed by atoms with Crippen LogP contribution in [-0.4, -0.2) is 6.54 Å². The first-order valence-electron chi connectivity index (χ1n) is 8.07. The summed E-state index contributed by atoms with van der Waals surface area (Å²) in [5.74, 6) is 0. The van der Waals surface area contributed by atoms with Crippen molar-refractivity contribution in [2.75, 3.05) is 6.54 Å². The molecule has 0 aliphatic heterocycles. The molecule has 0 fully saturated rings. The van der Waals surface area contributed by atoms with Crippen LogP contribution >= 0.6 is 0 Å². The van der Waals surface area contributed by atoms with E-state index in [9.17, 15) is 0 Å². The zero-order valence-corrected chi connectivity index (χ0v) is 12.9. The van der Waals surface area contributed by atoms with Gasteiger partial charge in [0.2, 0.25) is 0 Å². The lowest BCUT2D eigenvalue weighted by Crippen LogP contribution is -2.22. The van der Waals surface area contributed by atoms with Crippen LogP contribution < -0.4 is 5.32 Å². The SMILES string of the molecule is CCCCNC(CCCC)c1cccc2ccccc12. The third-order valence-corrected chi connectivity index (χ3v) is 3.97. The van der Waals surface area contributed by atoms with Gasteiger partial charge in [0, 0.05) is 6.04 Å². The highest BCUT2D eigenvalue weighted by Crippen LogP contribution is 2.27. The number of nitrogens with one attached hydrogen (secondary N) is 1. The number of unbranched alkanes of at least 4 members (excludes halogenated alkanes) is 2. The molecule has 2 aromatic carbocycles. The molecule has 0 saturated heterocycles. The van der Waals surface area contributed by atoms with Crippen LogP contribution in [0.4, 0.5) is 0 Å². The highest BCUT2D eigenvalue weighted by molar-refractivity contribution is 5.86. The molecular weight excluding hydrogens is 242 g/mol. The molecule has 1 unspecified atom stereocenters. The van der Waals surface area contributed by atoms with Crippen LogP contribution in [0, 0.1) is 0 Å². The van der Waals surface area contributed by atoms with Gasteiger partial charge in [-0.2, -0.15) is 0 Å². The Balaban J connectivity index is 2.24. The molecule has 1 N–H and O–H groups in total. The monoisotopic (exact) mass is 269 g/mol. The summed E-state index contributed by atoms with van der Waals surface area (Å²) in [7, 11) is 0. The number of hydrogen-bond acceptors (Lipinski definition) is 1. The van der Waals surface area contributed by atoms with E-state index < -0.39 is 0 Å². The van der Waals surface area contributed by atoms with Gasteiger partial charge in [0.1, 0.15) is 0 Å². The average Bonchev–Trinajstić information content (AvgIpc) is 2.50. The molecule has 1 heteroatoms. The molecule has 0 spiro atoms. The van der Waals surface area contributed by atoms with Crippen LogP contribution in [-0.2, 0) is 0 Å². The van der Waals surface area contributed by atoms with Crippen LogP contribution in [0.5, 0.6) is 0 Å². The van der Waals surface area contributed by atoms with Crippen molar-refractivity contribution in [3.63, 3.8) is 0 Å². The predicted octanol–water partition coefficient (Wildman–Crippen LogP) is 5.46. The largest absolute Gasteiger partial charge is 0.310 e. The molecule has 0 amide bonds. The van der Waals surface area contributed by atoms with Crippen molar-refractivity contribution in [2.24, 2.45) is 0 Å². The van der Waals surface area contributed by atoms with Crippen molar-refractivity contribution in [3.05, 3.63) is 48.0 Å². The van der Waals surface area contributed by atoms with E-state index in [1.54, 1.807) is 0 Å². The fourth-order valence-electron chi connectivity index (χ4n) is 2.78. The highest BCUT2D eigenvalue weighted by atomic mass is 14.9. The van der Waals surface area contributed by atoms with Crippen LogP contribution in [0.1, 0.15) is 57.6 Å². The zero-order valence-electron chi connectivity index (χ0n) is 12.9. The van der Waals surface area contributed by atoms with E-state index in [0.29, 0.717) is 6.04 Å². The summed E-state index contributed by atoms with van der Waals surface area (Å²) in [6.45, 7) is 5.64. The van der Waals surface area contributed by atoms with E-state index in [1.807, 2.05) is 0 Å². The number of fused-ring (bicyclic) bond motifs is 1. The van der Waals surface area contributed by atoms with Crippen molar-refractivity contribution < 1.29 is 0 Å². The van der Waals surface area contributed by atoms with Gasteiger partial charge in [-0.1, -0.05) is 75.6 Å². The zero-order chi connectivity index (χ0) is 14.2. The van der Waals surface area contributed by atoms with Gasteiger partial charge in [-0.3, -0.25) is 0 Å². The van der Waals surface area contributed by atoms with E-state index in [2.05, 4.69) is 61.6 Å². The predicted molar refractivity (Wildman–Crippen MR) is 89.1 cm³/mol. The summed E-state index contributed by atoms with van der Waals surface area (Å²) in [5.41, 5.74) is 1.47. The van der Waals surface area contributed by atoms with Gasteiger partial charge in [0.25, 0.3) is 0 Å². The van der Waals surface area contributed by atoms with Crippen LogP contribution in [0.25, 0.3) is 10.8 Å². The minimum absolute atomic E-state index is 0.493. The van der Waals surface area contributed by atoms with Crippen molar-refractivity contribution in [1.82, 2.24) is 5.32 Å². The molecule has 20 heavy (non-hydrogen) atoms. The Kier molecular flexibility index (Phi) is 6.07. The van der Waals surface area contributed by atoms with Crippen molar-refractivity contribution in [1.29, 1.82) is 0 Å². The van der Waals surface area contributed by atoms with Gasteiger partial charge in [-0.05, 0) is 35.7 Å². The first-order chi connectivity index (χ1) is 9.86. The minimum Gasteiger partial charge on any atom is -0.310 e. The Hall–Kier alpha value is -1.34. The van der Waals surface area contributed by atoms with E-state index >= 15 is 0 Å². The fourth-order valence-corrected chi connectivity index (χ4v) is 2.78. The van der Waals surface area contributed by atoms with Crippen molar-refractivity contribution >= 4 is 10.8 Å².